The molecule has 1 fully saturated rings. The number of hydrogen-bond acceptors (Lipinski definition) is 2. The summed E-state index contributed by atoms with van der Waals surface area (Å²) in [5.41, 5.74) is 11.3. The molecule has 0 aromatic heterocycles. The summed E-state index contributed by atoms with van der Waals surface area (Å²) in [5.74, 6) is 0. The second-order valence-corrected chi connectivity index (χ2v) is 5.59. The Hall–Kier alpha value is -1.02. The normalized spacial score (nSPS) is 21.7. The van der Waals surface area contributed by atoms with Crippen LogP contribution < -0.4 is 5.73 Å². The van der Waals surface area contributed by atoms with Crippen LogP contribution in [0.15, 0.2) is 12.1 Å². The zero-order valence-corrected chi connectivity index (χ0v) is 10.7. The monoisotopic (exact) mass is 230 g/mol. The van der Waals surface area contributed by atoms with Crippen molar-refractivity contribution < 1.29 is 0 Å². The van der Waals surface area contributed by atoms with Gasteiger partial charge in [-0.05, 0) is 42.9 Å². The van der Waals surface area contributed by atoms with E-state index in [-0.39, 0.29) is 0 Å². The summed E-state index contributed by atoms with van der Waals surface area (Å²) in [6.07, 6.45) is 6.78. The van der Waals surface area contributed by atoms with Crippen molar-refractivity contribution in [2.45, 2.75) is 51.6 Å². The molecule has 0 radical (unpaired) electrons. The van der Waals surface area contributed by atoms with E-state index in [1.807, 2.05) is 0 Å². The molecule has 1 heterocycles. The number of nitrogens with zero attached hydrogens (tertiary/aromatic N) is 1. The van der Waals surface area contributed by atoms with Crippen LogP contribution in [0.5, 0.6) is 0 Å². The van der Waals surface area contributed by atoms with E-state index in [1.165, 1.54) is 48.9 Å². The first-order valence-corrected chi connectivity index (χ1v) is 6.86. The standard InChI is InChI=1S/C15H22N2/c1-11-6-7-12-10-17(13-4-2-3-5-13)9-8-14(12)15(11)16/h6-7,13H,2-5,8-10,16H2,1H3. The lowest BCUT2D eigenvalue weighted by Gasteiger charge is -2.34. The summed E-state index contributed by atoms with van der Waals surface area (Å²) in [5, 5.41) is 0. The Kier molecular flexibility index (Phi) is 2.83. The van der Waals surface area contributed by atoms with E-state index in [2.05, 4.69) is 24.0 Å². The van der Waals surface area contributed by atoms with Crippen molar-refractivity contribution in [1.82, 2.24) is 4.90 Å². The molecule has 0 atom stereocenters. The number of anilines is 1. The molecule has 0 bridgehead atoms. The van der Waals surface area contributed by atoms with Crippen molar-refractivity contribution in [3.05, 3.63) is 28.8 Å². The van der Waals surface area contributed by atoms with E-state index in [0.29, 0.717) is 0 Å². The molecule has 1 saturated carbocycles. The molecule has 2 nitrogen and oxygen atoms in total. The highest BCUT2D eigenvalue weighted by Gasteiger charge is 2.26. The molecular formula is C15H22N2. The molecule has 1 aliphatic carbocycles. The Morgan fingerprint density at radius 3 is 2.76 bits per heavy atom. The second-order valence-electron chi connectivity index (χ2n) is 5.59. The average Bonchev–Trinajstić information content (AvgIpc) is 2.87. The quantitative estimate of drug-likeness (QED) is 0.752. The zero-order valence-electron chi connectivity index (χ0n) is 10.7. The summed E-state index contributed by atoms with van der Waals surface area (Å²) in [6, 6.07) is 5.29. The largest absolute Gasteiger partial charge is 0.398 e. The Labute approximate surface area is 104 Å². The van der Waals surface area contributed by atoms with E-state index < -0.39 is 0 Å². The fraction of sp³-hybridized carbons (Fsp3) is 0.600. The fourth-order valence-corrected chi connectivity index (χ4v) is 3.40. The van der Waals surface area contributed by atoms with Gasteiger partial charge in [0.25, 0.3) is 0 Å². The Bertz CT molecular complexity index is 419. The Morgan fingerprint density at radius 1 is 1.24 bits per heavy atom. The fourth-order valence-electron chi connectivity index (χ4n) is 3.40. The van der Waals surface area contributed by atoms with Crippen LogP contribution in [0.25, 0.3) is 0 Å². The van der Waals surface area contributed by atoms with E-state index in [9.17, 15) is 0 Å². The lowest BCUT2D eigenvalue weighted by Crippen LogP contribution is -2.38. The molecule has 17 heavy (non-hydrogen) atoms. The molecule has 2 heteroatoms. The first-order chi connectivity index (χ1) is 8.25. The van der Waals surface area contributed by atoms with Gasteiger partial charge in [-0.1, -0.05) is 25.0 Å². The summed E-state index contributed by atoms with van der Waals surface area (Å²) in [6.45, 7) is 4.43. The number of nitrogens with two attached hydrogens (primary N) is 1. The van der Waals surface area contributed by atoms with Crippen molar-refractivity contribution in [2.24, 2.45) is 0 Å². The first-order valence-electron chi connectivity index (χ1n) is 6.86. The highest BCUT2D eigenvalue weighted by molar-refractivity contribution is 5.57. The molecular weight excluding hydrogens is 208 g/mol. The van der Waals surface area contributed by atoms with Crippen LogP contribution in [0, 0.1) is 6.92 Å². The maximum atomic E-state index is 6.18. The van der Waals surface area contributed by atoms with Crippen molar-refractivity contribution >= 4 is 5.69 Å². The summed E-state index contributed by atoms with van der Waals surface area (Å²) < 4.78 is 0. The van der Waals surface area contributed by atoms with Gasteiger partial charge in [0, 0.05) is 24.8 Å². The van der Waals surface area contributed by atoms with Gasteiger partial charge in [-0.25, -0.2) is 0 Å². The van der Waals surface area contributed by atoms with Crippen LogP contribution in [0.1, 0.15) is 42.4 Å². The highest BCUT2D eigenvalue weighted by Crippen LogP contribution is 2.31. The molecule has 2 N–H and O–H groups in total. The number of benzene rings is 1. The molecule has 3 rings (SSSR count). The maximum absolute atomic E-state index is 6.18. The third-order valence-corrected chi connectivity index (χ3v) is 4.54. The van der Waals surface area contributed by atoms with Crippen molar-refractivity contribution in [1.29, 1.82) is 0 Å². The number of hydrogen-bond donors (Lipinski definition) is 1. The minimum atomic E-state index is 0.839. The molecule has 0 unspecified atom stereocenters. The lowest BCUT2D eigenvalue weighted by atomic mass is 9.94. The highest BCUT2D eigenvalue weighted by atomic mass is 15.2. The summed E-state index contributed by atoms with van der Waals surface area (Å²) in [4.78, 5) is 2.67. The van der Waals surface area contributed by atoms with Crippen molar-refractivity contribution in [3.63, 3.8) is 0 Å². The van der Waals surface area contributed by atoms with E-state index in [1.54, 1.807) is 0 Å². The summed E-state index contributed by atoms with van der Waals surface area (Å²) >= 11 is 0. The molecule has 92 valence electrons. The molecule has 0 saturated heterocycles. The van der Waals surface area contributed by atoms with E-state index in [0.717, 1.165) is 24.7 Å². The first kappa shape index (κ1) is 11.1. The van der Waals surface area contributed by atoms with Gasteiger partial charge in [0.15, 0.2) is 0 Å². The average molecular weight is 230 g/mol. The molecule has 0 spiro atoms. The van der Waals surface area contributed by atoms with Crippen LogP contribution in [-0.2, 0) is 13.0 Å². The number of nitrogen functional groups attached to an aromatic ring is 1. The smallest absolute Gasteiger partial charge is 0.0380 e. The number of fused-ring (bicyclic) bond motifs is 1. The molecule has 1 aromatic carbocycles. The molecule has 2 aliphatic rings. The third kappa shape index (κ3) is 1.95. The van der Waals surface area contributed by atoms with Crippen LogP contribution >= 0.6 is 0 Å². The topological polar surface area (TPSA) is 29.3 Å². The SMILES string of the molecule is Cc1ccc2c(c1N)CCN(C1CCCC1)C2. The van der Waals surface area contributed by atoms with Gasteiger partial charge in [-0.15, -0.1) is 0 Å². The van der Waals surface area contributed by atoms with E-state index >= 15 is 0 Å². The van der Waals surface area contributed by atoms with Gasteiger partial charge in [0.05, 0.1) is 0 Å². The Balaban J connectivity index is 1.83. The Morgan fingerprint density at radius 2 is 2.00 bits per heavy atom. The predicted octanol–water partition coefficient (Wildman–Crippen LogP) is 2.88. The van der Waals surface area contributed by atoms with Crippen molar-refractivity contribution in [3.8, 4) is 0 Å². The molecule has 1 aliphatic heterocycles. The number of rotatable bonds is 1. The lowest BCUT2D eigenvalue weighted by molar-refractivity contribution is 0.181. The van der Waals surface area contributed by atoms with Crippen LogP contribution in [0.2, 0.25) is 0 Å². The van der Waals surface area contributed by atoms with Gasteiger partial charge in [-0.3, -0.25) is 4.90 Å². The minimum absolute atomic E-state index is 0.839. The molecule has 1 aromatic rings. The van der Waals surface area contributed by atoms with Crippen LogP contribution in [-0.4, -0.2) is 17.5 Å². The zero-order chi connectivity index (χ0) is 11.8. The second kappa shape index (κ2) is 4.34. The number of aryl methyl sites for hydroxylation is 1. The molecule has 0 amide bonds. The van der Waals surface area contributed by atoms with Crippen LogP contribution in [0.3, 0.4) is 0 Å². The van der Waals surface area contributed by atoms with E-state index in [4.69, 9.17) is 5.73 Å². The van der Waals surface area contributed by atoms with Crippen LogP contribution in [0.4, 0.5) is 5.69 Å². The third-order valence-electron chi connectivity index (χ3n) is 4.54. The van der Waals surface area contributed by atoms with Gasteiger partial charge in [0.2, 0.25) is 0 Å². The minimum Gasteiger partial charge on any atom is -0.398 e. The maximum Gasteiger partial charge on any atom is 0.0380 e. The van der Waals surface area contributed by atoms with Gasteiger partial charge in [-0.2, -0.15) is 0 Å². The predicted molar refractivity (Wildman–Crippen MR) is 72.0 cm³/mol. The summed E-state index contributed by atoms with van der Waals surface area (Å²) in [7, 11) is 0. The van der Waals surface area contributed by atoms with Gasteiger partial charge in [0.1, 0.15) is 0 Å². The van der Waals surface area contributed by atoms with Gasteiger partial charge >= 0.3 is 0 Å². The van der Waals surface area contributed by atoms with Gasteiger partial charge < -0.3 is 5.73 Å². The van der Waals surface area contributed by atoms with Crippen molar-refractivity contribution in [2.75, 3.05) is 12.3 Å².